The fraction of sp³-hybridized carbons (Fsp3) is 0.455. The minimum Gasteiger partial charge on any atom is -0.356 e. The number of aromatic nitrogens is 1. The maximum atomic E-state index is 12.8. The van der Waals surface area contributed by atoms with Crippen molar-refractivity contribution in [3.8, 4) is 0 Å². The highest BCUT2D eigenvalue weighted by molar-refractivity contribution is 8.76. The summed E-state index contributed by atoms with van der Waals surface area (Å²) in [7, 11) is 2.87. The van der Waals surface area contributed by atoms with Gasteiger partial charge >= 0.3 is 12.0 Å². The maximum absolute atomic E-state index is 12.8. The summed E-state index contributed by atoms with van der Waals surface area (Å²) in [4.78, 5) is 83.2. The third kappa shape index (κ3) is 10.0. The second-order valence-corrected chi connectivity index (χ2v) is 14.6. The third-order valence-corrected chi connectivity index (χ3v) is 10.5. The molecule has 0 aliphatic carbocycles. The molecule has 0 radical (unpaired) electrons. The van der Waals surface area contributed by atoms with Crippen LogP contribution in [0.25, 0.3) is 0 Å². The number of imide groups is 1. The molecule has 0 spiro atoms. The Balaban J connectivity index is 0.956. The van der Waals surface area contributed by atoms with E-state index in [-0.39, 0.29) is 43.0 Å². The first-order valence-electron chi connectivity index (χ1n) is 16.2. The Morgan fingerprint density at radius 1 is 0.918 bits per heavy atom. The molecule has 260 valence electrons. The van der Waals surface area contributed by atoms with Gasteiger partial charge in [-0.25, -0.2) is 14.6 Å². The third-order valence-electron chi connectivity index (χ3n) is 8.11. The van der Waals surface area contributed by atoms with Crippen LogP contribution in [-0.4, -0.2) is 85.9 Å². The smallest absolute Gasteiger partial charge is 0.334 e. The first kappa shape index (κ1) is 35.9. The Bertz CT molecular complexity index is 1560. The summed E-state index contributed by atoms with van der Waals surface area (Å²) in [5.41, 5.74) is 4.54. The van der Waals surface area contributed by atoms with Gasteiger partial charge in [0.15, 0.2) is 0 Å². The number of benzene rings is 1. The lowest BCUT2D eigenvalue weighted by molar-refractivity contribution is -0.197. The van der Waals surface area contributed by atoms with Crippen LogP contribution in [0.5, 0.6) is 0 Å². The van der Waals surface area contributed by atoms with Gasteiger partial charge in [0, 0.05) is 87.4 Å². The van der Waals surface area contributed by atoms with Crippen molar-refractivity contribution in [3.05, 3.63) is 59.4 Å². The molecule has 3 aliphatic heterocycles. The molecule has 3 aliphatic rings. The molecule has 14 nitrogen and oxygen atoms in total. The highest BCUT2D eigenvalue weighted by Gasteiger charge is 2.33. The average molecular weight is 710 g/mol. The van der Waals surface area contributed by atoms with E-state index in [4.69, 9.17) is 4.84 Å². The van der Waals surface area contributed by atoms with Gasteiger partial charge in [-0.3, -0.25) is 24.2 Å². The summed E-state index contributed by atoms with van der Waals surface area (Å²) in [5.74, 6) is -0.825. The summed E-state index contributed by atoms with van der Waals surface area (Å²) in [6, 6.07) is 9.25. The van der Waals surface area contributed by atoms with Crippen molar-refractivity contribution >= 4 is 68.6 Å². The second kappa shape index (κ2) is 17.3. The zero-order valence-electron chi connectivity index (χ0n) is 27.2. The van der Waals surface area contributed by atoms with Crippen molar-refractivity contribution in [1.29, 1.82) is 0 Å². The largest absolute Gasteiger partial charge is 0.356 e. The van der Waals surface area contributed by atoms with Gasteiger partial charge in [0.2, 0.25) is 11.8 Å². The van der Waals surface area contributed by atoms with Crippen molar-refractivity contribution < 1.29 is 33.6 Å². The lowest BCUT2D eigenvalue weighted by atomic mass is 9.93. The lowest BCUT2D eigenvalue weighted by Crippen LogP contribution is -2.37. The zero-order chi connectivity index (χ0) is 34.8. The summed E-state index contributed by atoms with van der Waals surface area (Å²) < 4.78 is 0. The van der Waals surface area contributed by atoms with E-state index < -0.39 is 17.8 Å². The van der Waals surface area contributed by atoms with Crippen LogP contribution in [0.1, 0.15) is 68.6 Å². The van der Waals surface area contributed by atoms with E-state index in [1.807, 2.05) is 37.3 Å². The molecule has 4 heterocycles. The predicted octanol–water partition coefficient (Wildman–Crippen LogP) is 3.87. The van der Waals surface area contributed by atoms with Crippen LogP contribution in [0.15, 0.2) is 47.8 Å². The number of nitrogens with one attached hydrogen (secondary N) is 2. The minimum absolute atomic E-state index is 0.0354. The van der Waals surface area contributed by atoms with E-state index in [9.17, 15) is 28.8 Å². The van der Waals surface area contributed by atoms with Crippen molar-refractivity contribution in [2.75, 3.05) is 29.9 Å². The zero-order valence-corrected chi connectivity index (χ0v) is 28.9. The predicted molar refractivity (Wildman–Crippen MR) is 185 cm³/mol. The van der Waals surface area contributed by atoms with E-state index in [2.05, 4.69) is 20.7 Å². The number of carbonyl (C=O) groups excluding carboxylic acids is 6. The molecule has 5 rings (SSSR count). The lowest BCUT2D eigenvalue weighted by Gasteiger charge is -2.28. The number of rotatable bonds is 15. The molecule has 16 heteroatoms. The number of fused-ring (bicyclic) bond motifs is 1. The number of hydrazone groups is 1. The van der Waals surface area contributed by atoms with Crippen LogP contribution < -0.4 is 10.6 Å². The SMILES string of the molecule is CC1CC(=O)N(CCCCNC(=O)CCSSCCC(=O)ON2C(=O)CCC2=O)N=C1c1ccc(NC(=O)N2Cc3ccncc3C2)cc1. The topological polar surface area (TPSA) is 171 Å². The van der Waals surface area contributed by atoms with Crippen LogP contribution in [-0.2, 0) is 41.9 Å². The Hall–Kier alpha value is -4.44. The van der Waals surface area contributed by atoms with Crippen LogP contribution in [0, 0.1) is 5.92 Å². The Labute approximate surface area is 292 Å². The number of hydrogen-bond acceptors (Lipinski definition) is 11. The molecule has 1 unspecified atom stereocenters. The molecule has 2 N–H and O–H groups in total. The molecule has 1 atom stereocenters. The summed E-state index contributed by atoms with van der Waals surface area (Å²) in [6.07, 6.45) is 5.72. The molecule has 0 saturated carbocycles. The highest BCUT2D eigenvalue weighted by atomic mass is 33.1. The molecular formula is C33H39N7O7S2. The maximum Gasteiger partial charge on any atom is 0.334 e. The van der Waals surface area contributed by atoms with Crippen LogP contribution in [0.2, 0.25) is 0 Å². The number of unbranched alkanes of at least 4 members (excludes halogenated alkanes) is 1. The number of pyridine rings is 1. The fourth-order valence-corrected chi connectivity index (χ4v) is 7.40. The van der Waals surface area contributed by atoms with Crippen molar-refractivity contribution in [1.82, 2.24) is 25.3 Å². The fourth-order valence-electron chi connectivity index (χ4n) is 5.44. The molecule has 0 bridgehead atoms. The number of urea groups is 1. The molecule has 2 aromatic rings. The van der Waals surface area contributed by atoms with Crippen molar-refractivity contribution in [2.45, 2.75) is 65.0 Å². The van der Waals surface area contributed by atoms with Crippen LogP contribution in [0.3, 0.4) is 0 Å². The van der Waals surface area contributed by atoms with Crippen LogP contribution >= 0.6 is 21.6 Å². The van der Waals surface area contributed by atoms with Crippen molar-refractivity contribution in [3.63, 3.8) is 0 Å². The molecule has 1 fully saturated rings. The quantitative estimate of drug-likeness (QED) is 0.157. The standard InChI is InChI=1S/C33H39N7O7S2/c1-22-18-30(44)39(15-3-2-13-35-27(41)11-16-48-49-17-12-31(45)47-40-28(42)8-9-29(40)43)37-32(22)23-4-6-26(7-5-23)36-33(46)38-20-24-10-14-34-19-25(24)21-38/h4-7,10,14,19,22H,2-3,8-9,11-13,15-18,20-21H2,1H3,(H,35,41)(H,36,46). The van der Waals surface area contributed by atoms with Gasteiger partial charge in [-0.05, 0) is 47.7 Å². The molecular weight excluding hydrogens is 671 g/mol. The molecule has 49 heavy (non-hydrogen) atoms. The van der Waals surface area contributed by atoms with Gasteiger partial charge in [0.25, 0.3) is 11.8 Å². The second-order valence-electron chi connectivity index (χ2n) is 11.9. The van der Waals surface area contributed by atoms with Gasteiger partial charge in [0.05, 0.1) is 12.1 Å². The number of amides is 6. The first-order chi connectivity index (χ1) is 23.7. The first-order valence-corrected chi connectivity index (χ1v) is 18.7. The highest BCUT2D eigenvalue weighted by Crippen LogP contribution is 2.25. The number of hydroxylamine groups is 2. The van der Waals surface area contributed by atoms with E-state index in [1.165, 1.54) is 26.6 Å². The number of carbonyl (C=O) groups is 6. The Kier molecular flexibility index (Phi) is 12.6. The Morgan fingerprint density at radius 3 is 2.37 bits per heavy atom. The molecule has 6 amide bonds. The molecule has 1 aromatic heterocycles. The molecule has 1 aromatic carbocycles. The van der Waals surface area contributed by atoms with Crippen LogP contribution in [0.4, 0.5) is 10.5 Å². The molecule has 1 saturated heterocycles. The normalized spacial score (nSPS) is 17.2. The van der Waals surface area contributed by atoms with Crippen molar-refractivity contribution in [2.24, 2.45) is 11.0 Å². The summed E-state index contributed by atoms with van der Waals surface area (Å²) in [5, 5.41) is 12.6. The number of anilines is 1. The summed E-state index contributed by atoms with van der Waals surface area (Å²) >= 11 is 0. The number of hydrogen-bond donors (Lipinski definition) is 2. The summed E-state index contributed by atoms with van der Waals surface area (Å²) in [6.45, 7) is 3.98. The minimum atomic E-state index is -0.642. The van der Waals surface area contributed by atoms with E-state index in [0.29, 0.717) is 74.1 Å². The van der Waals surface area contributed by atoms with Gasteiger partial charge in [0.1, 0.15) is 0 Å². The van der Waals surface area contributed by atoms with E-state index in [1.54, 1.807) is 17.3 Å². The Morgan fingerprint density at radius 2 is 1.63 bits per heavy atom. The monoisotopic (exact) mass is 709 g/mol. The van der Waals surface area contributed by atoms with Gasteiger partial charge in [-0.1, -0.05) is 40.6 Å². The van der Waals surface area contributed by atoms with E-state index in [0.717, 1.165) is 22.4 Å². The number of nitrogens with zero attached hydrogens (tertiary/aromatic N) is 5. The van der Waals surface area contributed by atoms with E-state index >= 15 is 0 Å². The van der Waals surface area contributed by atoms with Gasteiger partial charge < -0.3 is 20.4 Å². The van der Waals surface area contributed by atoms with Gasteiger partial charge in [-0.15, -0.1) is 5.06 Å². The average Bonchev–Trinajstić information content (AvgIpc) is 3.66. The van der Waals surface area contributed by atoms with Gasteiger partial charge in [-0.2, -0.15) is 5.10 Å².